The van der Waals surface area contributed by atoms with Gasteiger partial charge in [-0.2, -0.15) is 0 Å². The van der Waals surface area contributed by atoms with Crippen molar-refractivity contribution in [1.29, 1.82) is 0 Å². The van der Waals surface area contributed by atoms with Crippen molar-refractivity contribution in [2.24, 2.45) is 5.84 Å². The molecule has 5 heteroatoms. The van der Waals surface area contributed by atoms with Gasteiger partial charge in [-0.05, 0) is 0 Å². The zero-order chi connectivity index (χ0) is 4.99. The molecule has 0 aromatic carbocycles. The zero-order valence-electron chi connectivity index (χ0n) is 3.14. The Hall–Kier alpha value is 0.390. The Morgan fingerprint density at radius 1 is 1.86 bits per heavy atom. The van der Waals surface area contributed by atoms with E-state index in [4.69, 9.17) is 5.11 Å². The van der Waals surface area contributed by atoms with Crippen LogP contribution in [0.25, 0.3) is 0 Å². The quantitative estimate of drug-likeness (QED) is 0.150. The van der Waals surface area contributed by atoms with Crippen LogP contribution >= 0.6 is 0 Å². The van der Waals surface area contributed by atoms with Crippen LogP contribution < -0.4 is 11.3 Å². The molecule has 0 saturated heterocycles. The van der Waals surface area contributed by atoms with E-state index in [1.54, 1.807) is 5.43 Å². The summed E-state index contributed by atoms with van der Waals surface area (Å²) in [5.41, 5.74) is 1.73. The van der Waals surface area contributed by atoms with Crippen molar-refractivity contribution in [3.8, 4) is 0 Å². The van der Waals surface area contributed by atoms with E-state index in [9.17, 15) is 4.79 Å². The Bertz CT molecular complexity index is 51.7. The van der Waals surface area contributed by atoms with Crippen LogP contribution in [0.5, 0.6) is 0 Å². The predicted molar refractivity (Wildman–Crippen MR) is 26.6 cm³/mol. The first kappa shape index (κ1) is 10.4. The molecule has 0 saturated carbocycles. The predicted octanol–water partition coefficient (Wildman–Crippen LogP) is -2.68. The average molecular weight is 114 g/mol. The van der Waals surface area contributed by atoms with E-state index in [0.717, 1.165) is 0 Å². The summed E-state index contributed by atoms with van der Waals surface area (Å²) in [5.74, 6) is 3.95. The minimum absolute atomic E-state index is 0. The van der Waals surface area contributed by atoms with Gasteiger partial charge in [0.2, 0.25) is 0 Å². The molecule has 0 aliphatic rings. The van der Waals surface area contributed by atoms with Gasteiger partial charge in [-0.1, -0.05) is 0 Å². The maximum absolute atomic E-state index is 9.69. The molecule has 4 N–H and O–H groups in total. The number of hydrazine groups is 1. The Labute approximate surface area is 63.3 Å². The molecule has 0 unspecified atom stereocenters. The number of hydrogen-bond donors (Lipinski definition) is 3. The Morgan fingerprint density at radius 3 is 2.29 bits per heavy atom. The molecule has 0 fully saturated rings. The summed E-state index contributed by atoms with van der Waals surface area (Å²) >= 11 is 0. The Kier molecular flexibility index (Phi) is 9.48. The van der Waals surface area contributed by atoms with Gasteiger partial charge < -0.3 is 5.11 Å². The van der Waals surface area contributed by atoms with Crippen molar-refractivity contribution in [1.82, 2.24) is 5.43 Å². The molecule has 0 aliphatic heterocycles. The van der Waals surface area contributed by atoms with Crippen LogP contribution in [-0.2, 0) is 4.79 Å². The second-order valence-corrected chi connectivity index (χ2v) is 0.726. The molecule has 38 valence electrons. The number of aliphatic hydroxyl groups is 1. The van der Waals surface area contributed by atoms with Crippen molar-refractivity contribution in [3.63, 3.8) is 0 Å². The fourth-order valence-corrected chi connectivity index (χ4v) is 0.0456. The normalized spacial score (nSPS) is 6.57. The first-order valence-corrected chi connectivity index (χ1v) is 1.41. The van der Waals surface area contributed by atoms with E-state index >= 15 is 0 Å². The monoisotopic (exact) mass is 114 g/mol. The molecule has 0 aromatic heterocycles. The summed E-state index contributed by atoms with van der Waals surface area (Å²) in [6.45, 7) is -0.545. The number of nitrogens with two attached hydrogens (primary N) is 1. The van der Waals surface area contributed by atoms with Crippen molar-refractivity contribution >= 4 is 35.5 Å². The number of carbonyl (C=O) groups excluding carboxylic acids is 1. The molecule has 0 rings (SSSR count). The maximum atomic E-state index is 9.69. The molecule has 7 heavy (non-hydrogen) atoms. The fraction of sp³-hybridized carbons (Fsp3) is 0.500. The number of aliphatic hydroxyl groups excluding tert-OH is 1. The van der Waals surface area contributed by atoms with Crippen LogP contribution in [0.1, 0.15) is 0 Å². The Morgan fingerprint density at radius 2 is 2.29 bits per heavy atom. The molecule has 0 aliphatic carbocycles. The summed E-state index contributed by atoms with van der Waals surface area (Å²) in [4.78, 5) is 9.69. The number of amides is 1. The van der Waals surface area contributed by atoms with Gasteiger partial charge >= 0.3 is 29.6 Å². The third-order valence-electron chi connectivity index (χ3n) is 0.305. The molecular weight excluding hydrogens is 107 g/mol. The van der Waals surface area contributed by atoms with E-state index in [1.165, 1.54) is 0 Å². The number of rotatable bonds is 1. The summed E-state index contributed by atoms with van der Waals surface area (Å²) in [7, 11) is 0. The van der Waals surface area contributed by atoms with Crippen molar-refractivity contribution in [3.05, 3.63) is 0 Å². The van der Waals surface area contributed by atoms with Gasteiger partial charge in [0.05, 0.1) is 0 Å². The van der Waals surface area contributed by atoms with E-state index in [1.807, 2.05) is 0 Å². The third-order valence-corrected chi connectivity index (χ3v) is 0.305. The van der Waals surface area contributed by atoms with E-state index in [2.05, 4.69) is 5.84 Å². The minimum atomic E-state index is -0.574. The average Bonchev–Trinajstić information content (AvgIpc) is 1.65. The van der Waals surface area contributed by atoms with Crippen molar-refractivity contribution in [2.45, 2.75) is 0 Å². The van der Waals surface area contributed by atoms with Crippen LogP contribution in [-0.4, -0.2) is 47.2 Å². The van der Waals surface area contributed by atoms with E-state index in [-0.39, 0.29) is 29.6 Å². The first-order valence-electron chi connectivity index (χ1n) is 1.41. The van der Waals surface area contributed by atoms with Gasteiger partial charge in [-0.25, -0.2) is 5.84 Å². The number of hydrogen-bond acceptors (Lipinski definition) is 3. The second kappa shape index (κ2) is 6.39. The van der Waals surface area contributed by atoms with E-state index < -0.39 is 12.5 Å². The van der Waals surface area contributed by atoms with Crippen LogP contribution in [0.3, 0.4) is 0 Å². The standard InChI is InChI=1S/C2H6N2O2.Na.H/c3-4-2(6)1-5;;/h5H,1,3H2,(H,4,6);;. The molecule has 0 atom stereocenters. The summed E-state index contributed by atoms with van der Waals surface area (Å²) in [5, 5.41) is 7.84. The second-order valence-electron chi connectivity index (χ2n) is 0.726. The molecule has 1 amide bonds. The molecule has 0 aromatic rings. The van der Waals surface area contributed by atoms with Gasteiger partial charge in [-0.15, -0.1) is 0 Å². The zero-order valence-corrected chi connectivity index (χ0v) is 3.14. The van der Waals surface area contributed by atoms with Gasteiger partial charge in [0.1, 0.15) is 6.61 Å². The van der Waals surface area contributed by atoms with E-state index in [0.29, 0.717) is 0 Å². The van der Waals surface area contributed by atoms with Crippen molar-refractivity contribution < 1.29 is 9.90 Å². The number of carbonyl (C=O) groups is 1. The third kappa shape index (κ3) is 6.39. The van der Waals surface area contributed by atoms with Crippen LogP contribution in [0, 0.1) is 0 Å². The number of nitrogens with one attached hydrogen (secondary N) is 1. The molecule has 0 bridgehead atoms. The Balaban J connectivity index is 0. The molecular formula is C2H7N2NaO2. The van der Waals surface area contributed by atoms with Gasteiger partial charge in [0, 0.05) is 0 Å². The topological polar surface area (TPSA) is 75.3 Å². The molecule has 0 heterocycles. The summed E-state index contributed by atoms with van der Waals surface area (Å²) in [6.07, 6.45) is 0. The van der Waals surface area contributed by atoms with Crippen molar-refractivity contribution in [2.75, 3.05) is 6.61 Å². The van der Waals surface area contributed by atoms with Crippen LogP contribution in [0.2, 0.25) is 0 Å². The molecule has 0 spiro atoms. The fourth-order valence-electron chi connectivity index (χ4n) is 0.0456. The van der Waals surface area contributed by atoms with Gasteiger partial charge in [-0.3, -0.25) is 10.2 Å². The summed E-state index contributed by atoms with van der Waals surface area (Å²) < 4.78 is 0. The summed E-state index contributed by atoms with van der Waals surface area (Å²) in [6, 6.07) is 0. The van der Waals surface area contributed by atoms with Gasteiger partial charge in [0.25, 0.3) is 5.91 Å². The van der Waals surface area contributed by atoms with Crippen LogP contribution in [0.15, 0.2) is 0 Å². The molecule has 0 radical (unpaired) electrons. The SMILES string of the molecule is NNC(=O)CO.[NaH]. The first-order chi connectivity index (χ1) is 2.81. The van der Waals surface area contributed by atoms with Crippen LogP contribution in [0.4, 0.5) is 0 Å². The van der Waals surface area contributed by atoms with Gasteiger partial charge in [0.15, 0.2) is 0 Å². The molecule has 4 nitrogen and oxygen atoms in total.